The highest BCUT2D eigenvalue weighted by atomic mass is 16.8. The van der Waals surface area contributed by atoms with E-state index in [1.807, 2.05) is 0 Å². The first-order valence-electron chi connectivity index (χ1n) is 26.8. The van der Waals surface area contributed by atoms with Crippen molar-refractivity contribution in [3.8, 4) is 0 Å². The van der Waals surface area contributed by atoms with Gasteiger partial charge in [-0.3, -0.25) is 19.2 Å². The van der Waals surface area contributed by atoms with Gasteiger partial charge in [-0.15, -0.1) is 0 Å². The number of ether oxygens (including phenoxy) is 9. The molecule has 4 heterocycles. The summed E-state index contributed by atoms with van der Waals surface area (Å²) in [7, 11) is 1.32. The predicted molar refractivity (Wildman–Crippen MR) is 266 cm³/mol. The Labute approximate surface area is 453 Å². The number of primary amides is 2. The number of aliphatic hydroxyl groups excluding tert-OH is 8. The van der Waals surface area contributed by atoms with Crippen molar-refractivity contribution in [2.75, 3.05) is 33.5 Å². The van der Waals surface area contributed by atoms with Crippen molar-refractivity contribution in [3.05, 3.63) is 0 Å². The summed E-state index contributed by atoms with van der Waals surface area (Å²) in [6, 6.07) is -6.41. The van der Waals surface area contributed by atoms with Gasteiger partial charge in [0.25, 0.3) is 0 Å². The zero-order valence-electron chi connectivity index (χ0n) is 45.1. The molecule has 0 spiro atoms. The van der Waals surface area contributed by atoms with Crippen LogP contribution < -0.4 is 27.4 Å². The minimum Gasteiger partial charge on any atom is -0.447 e. The normalized spacial score (nSPS) is 35.0. The first kappa shape index (κ1) is 66.3. The second kappa shape index (κ2) is 32.9. The van der Waals surface area contributed by atoms with Crippen molar-refractivity contribution < 1.29 is 112 Å². The van der Waals surface area contributed by atoms with Crippen LogP contribution in [0.2, 0.25) is 0 Å². The summed E-state index contributed by atoms with van der Waals surface area (Å²) in [5, 5.41) is 96.5. The first-order valence-corrected chi connectivity index (χ1v) is 26.8. The van der Waals surface area contributed by atoms with Crippen LogP contribution in [0, 0.1) is 0 Å². The van der Waals surface area contributed by atoms with E-state index < -0.39 is 185 Å². The molecule has 20 unspecified atom stereocenters. The Hall–Kier alpha value is -4.18. The molecule has 4 aliphatic heterocycles. The van der Waals surface area contributed by atoms with Crippen LogP contribution in [0.4, 0.5) is 9.59 Å². The number of aliphatic hydroxyl groups is 8. The third-order valence-electron chi connectivity index (χ3n) is 14.2. The molecule has 4 saturated heterocycles. The molecule has 450 valence electrons. The van der Waals surface area contributed by atoms with E-state index in [0.29, 0.717) is 6.42 Å². The number of nitrogens with one attached hydrogen (secondary N) is 3. The average Bonchev–Trinajstić information content (AvgIpc) is 3.52. The van der Waals surface area contributed by atoms with Gasteiger partial charge < -0.3 is 116 Å². The fraction of sp³-hybridized carbons (Fsp3) is 0.878. The average molecular weight is 1130 g/mol. The van der Waals surface area contributed by atoms with Gasteiger partial charge in [-0.05, 0) is 6.42 Å². The number of likely N-dealkylation sites (N-methyl/N-ethyl adjacent to an activating group) is 1. The number of nitrogens with zero attached hydrogens (tertiary/aromatic N) is 1. The monoisotopic (exact) mass is 1130 g/mol. The largest absolute Gasteiger partial charge is 0.447 e. The molecule has 0 bridgehead atoms. The fourth-order valence-corrected chi connectivity index (χ4v) is 10.2. The molecule has 78 heavy (non-hydrogen) atoms. The van der Waals surface area contributed by atoms with E-state index in [1.165, 1.54) is 52.0 Å². The standard InChI is InChI=1S/C49H86N6O23/c1-6-7-8-9-10-11-12-13-14-15-16-17-18-19-31(62)55(5)35-39(66)43(78-49(51)69)30(23-70-48(50)68)74-47(35)77-42-29(22-58)73-46(34(38(42)65)54-26(4)61)76-41-28(21-57)72-45(33(37(41)64)53-25(3)60)75-40-27(20-56)71-44(67)32(36(40)63)52-24(2)59/h27-30,32-47,56-58,63-67H,6-23H2,1-5H3,(H2,50,68)(H2,51,69)(H,52,59)(H,53,60)(H,54,61). The van der Waals surface area contributed by atoms with Crippen LogP contribution in [0.1, 0.15) is 118 Å². The van der Waals surface area contributed by atoms with Gasteiger partial charge >= 0.3 is 12.2 Å². The Kier molecular flexibility index (Phi) is 28.0. The van der Waals surface area contributed by atoms with Gasteiger partial charge in [-0.2, -0.15) is 0 Å². The lowest BCUT2D eigenvalue weighted by atomic mass is 9.93. The molecule has 4 rings (SSSR count). The molecule has 0 saturated carbocycles. The van der Waals surface area contributed by atoms with Gasteiger partial charge in [-0.1, -0.05) is 84.0 Å². The van der Waals surface area contributed by atoms with Crippen LogP contribution in [-0.4, -0.2) is 238 Å². The molecular weight excluding hydrogens is 1040 g/mol. The van der Waals surface area contributed by atoms with Crippen LogP contribution in [0.5, 0.6) is 0 Å². The van der Waals surface area contributed by atoms with Gasteiger partial charge in [0.1, 0.15) is 97.9 Å². The molecule has 20 atom stereocenters. The fourth-order valence-electron chi connectivity index (χ4n) is 10.2. The van der Waals surface area contributed by atoms with Gasteiger partial charge in [0, 0.05) is 34.2 Å². The van der Waals surface area contributed by atoms with Crippen LogP contribution in [0.15, 0.2) is 0 Å². The number of nitrogens with two attached hydrogens (primary N) is 2. The van der Waals surface area contributed by atoms with Crippen LogP contribution >= 0.6 is 0 Å². The number of unbranched alkanes of at least 4 members (excludes halogenated alkanes) is 12. The Morgan fingerprint density at radius 3 is 1.29 bits per heavy atom. The van der Waals surface area contributed by atoms with Crippen molar-refractivity contribution in [2.24, 2.45) is 11.5 Å². The molecule has 4 aliphatic rings. The molecule has 29 heteroatoms. The van der Waals surface area contributed by atoms with Crippen molar-refractivity contribution in [1.82, 2.24) is 20.9 Å². The van der Waals surface area contributed by atoms with Gasteiger partial charge in [-0.25, -0.2) is 9.59 Å². The smallest absolute Gasteiger partial charge is 0.404 e. The number of rotatable bonds is 30. The van der Waals surface area contributed by atoms with E-state index in [-0.39, 0.29) is 6.42 Å². The number of hydrogen-bond donors (Lipinski definition) is 13. The highest BCUT2D eigenvalue weighted by Crippen LogP contribution is 2.36. The molecule has 0 radical (unpaired) electrons. The van der Waals surface area contributed by atoms with E-state index in [0.717, 1.165) is 57.8 Å². The van der Waals surface area contributed by atoms with E-state index in [2.05, 4.69) is 22.9 Å². The highest BCUT2D eigenvalue weighted by Gasteiger charge is 2.57. The summed E-state index contributed by atoms with van der Waals surface area (Å²) in [4.78, 5) is 76.2. The van der Waals surface area contributed by atoms with Crippen molar-refractivity contribution >= 4 is 35.8 Å². The second-order valence-electron chi connectivity index (χ2n) is 20.2. The zero-order chi connectivity index (χ0) is 57.8. The van der Waals surface area contributed by atoms with E-state index >= 15 is 0 Å². The number of carbonyl (C=O) groups is 6. The van der Waals surface area contributed by atoms with Crippen LogP contribution in [0.25, 0.3) is 0 Å². The Morgan fingerprint density at radius 2 is 0.885 bits per heavy atom. The lowest BCUT2D eigenvalue weighted by Crippen LogP contribution is -2.72. The first-order chi connectivity index (χ1) is 37.1. The lowest BCUT2D eigenvalue weighted by Gasteiger charge is -2.51. The summed E-state index contributed by atoms with van der Waals surface area (Å²) in [5.74, 6) is -2.73. The van der Waals surface area contributed by atoms with Gasteiger partial charge in [0.15, 0.2) is 31.3 Å². The molecule has 0 aromatic rings. The van der Waals surface area contributed by atoms with E-state index in [9.17, 15) is 69.6 Å². The van der Waals surface area contributed by atoms with Crippen LogP contribution in [0.3, 0.4) is 0 Å². The number of hydrogen-bond acceptors (Lipinski definition) is 23. The minimum absolute atomic E-state index is 0.00236. The van der Waals surface area contributed by atoms with E-state index in [4.69, 9.17) is 54.1 Å². The maximum absolute atomic E-state index is 13.9. The van der Waals surface area contributed by atoms with Crippen molar-refractivity contribution in [1.29, 1.82) is 0 Å². The molecule has 15 N–H and O–H groups in total. The maximum Gasteiger partial charge on any atom is 0.404 e. The molecular formula is C49H86N6O23. The summed E-state index contributed by atoms with van der Waals surface area (Å²) in [5.41, 5.74) is 10.6. The lowest BCUT2D eigenvalue weighted by molar-refractivity contribution is -0.363. The van der Waals surface area contributed by atoms with E-state index in [1.54, 1.807) is 0 Å². The SMILES string of the molecule is CCCCCCCCCCCCCCCC(=O)N(C)C1C(OC2C(CO)OC(OC3C(CO)OC(OC4C(CO)OC(O)C(NC(C)=O)C4O)C(NC(C)=O)C3O)C(NC(C)=O)C2O)OC(COC(N)=O)C(OC(N)=O)C1O. The quantitative estimate of drug-likeness (QED) is 0.0316. The van der Waals surface area contributed by atoms with Crippen LogP contribution in [-0.2, 0) is 61.8 Å². The summed E-state index contributed by atoms with van der Waals surface area (Å²) < 4.78 is 52.2. The Bertz CT molecular complexity index is 1880. The number of carbonyl (C=O) groups excluding carboxylic acids is 6. The second-order valence-corrected chi connectivity index (χ2v) is 20.2. The third kappa shape index (κ3) is 19.0. The summed E-state index contributed by atoms with van der Waals surface area (Å²) in [6.45, 7) is 1.89. The topological polar surface area (TPSA) is 439 Å². The Balaban J connectivity index is 1.57. The molecule has 0 aliphatic carbocycles. The molecule has 29 nitrogen and oxygen atoms in total. The zero-order valence-corrected chi connectivity index (χ0v) is 45.1. The van der Waals surface area contributed by atoms with Gasteiger partial charge in [0.2, 0.25) is 23.6 Å². The molecule has 0 aromatic carbocycles. The summed E-state index contributed by atoms with van der Waals surface area (Å²) >= 11 is 0. The minimum atomic E-state index is -1.98. The number of amides is 6. The highest BCUT2D eigenvalue weighted by molar-refractivity contribution is 5.76. The van der Waals surface area contributed by atoms with Gasteiger partial charge in [0.05, 0.1) is 19.8 Å². The Morgan fingerprint density at radius 1 is 0.500 bits per heavy atom. The van der Waals surface area contributed by atoms with Crippen molar-refractivity contribution in [2.45, 2.75) is 240 Å². The third-order valence-corrected chi connectivity index (χ3v) is 14.2. The summed E-state index contributed by atoms with van der Waals surface area (Å²) in [6.07, 6.45) is -16.9. The molecule has 0 aromatic heterocycles. The maximum atomic E-state index is 13.9. The van der Waals surface area contributed by atoms with Crippen molar-refractivity contribution in [3.63, 3.8) is 0 Å². The molecule has 6 amide bonds. The predicted octanol–water partition coefficient (Wildman–Crippen LogP) is -3.16. The molecule has 4 fully saturated rings.